The Balaban J connectivity index is 1.11. The molecule has 0 saturated heterocycles. The minimum Gasteiger partial charge on any atom is -0.454 e. The van der Waals surface area contributed by atoms with E-state index < -0.39 is 10.8 Å². The summed E-state index contributed by atoms with van der Waals surface area (Å²) in [6.07, 6.45) is 0. The molecule has 0 spiro atoms. The van der Waals surface area contributed by atoms with Gasteiger partial charge in [-0.1, -0.05) is 200 Å². The van der Waals surface area contributed by atoms with Gasteiger partial charge >= 0.3 is 0 Å². The minimum absolute atomic E-state index is 0.617. The Bertz CT molecular complexity index is 3480. The third kappa shape index (κ3) is 4.44. The molecule has 3 aliphatic rings. The van der Waals surface area contributed by atoms with E-state index in [1.54, 1.807) is 0 Å². The second-order valence-electron chi connectivity index (χ2n) is 17.5. The van der Waals surface area contributed by atoms with Gasteiger partial charge in [0.25, 0.3) is 0 Å². The van der Waals surface area contributed by atoms with E-state index in [0.29, 0.717) is 0 Å². The molecule has 3 aliphatic carbocycles. The summed E-state index contributed by atoms with van der Waals surface area (Å²) in [6.45, 7) is 0. The first-order valence-electron chi connectivity index (χ1n) is 22.3. The smallest absolute Gasteiger partial charge is 0.159 e. The Kier molecular flexibility index (Phi) is 7.28. The van der Waals surface area contributed by atoms with Crippen molar-refractivity contribution in [2.24, 2.45) is 0 Å². The van der Waals surface area contributed by atoms with Crippen molar-refractivity contribution in [1.82, 2.24) is 0 Å². The topological polar surface area (TPSA) is 16.4 Å². The summed E-state index contributed by atoms with van der Waals surface area (Å²) in [7, 11) is 0. The standard InChI is InChI=1S/C62H39NO/c1-3-16-40(17-4-1)42-30-34-44(35-31-42)63(45-36-32-43(33-37-45)41-18-5-2-6-19-41)56-39-38-55-59-58-54(28-15-29-57(58)64-60(56)59)61-50-24-11-7-20-46(50)48-22-9-13-26-52(48)62(55,61)53-27-14-10-23-49(53)47-21-8-12-25-51(47)61/h1-39H. The fourth-order valence-corrected chi connectivity index (χ4v) is 12.3. The molecule has 0 radical (unpaired) electrons. The third-order valence-electron chi connectivity index (χ3n) is 14.6. The van der Waals surface area contributed by atoms with Crippen molar-refractivity contribution in [3.05, 3.63) is 270 Å². The van der Waals surface area contributed by atoms with Gasteiger partial charge in [0.05, 0.1) is 16.5 Å². The van der Waals surface area contributed by atoms with E-state index in [4.69, 9.17) is 4.42 Å². The molecular formula is C62H39NO. The Morgan fingerprint density at radius 3 is 1.11 bits per heavy atom. The maximum Gasteiger partial charge on any atom is 0.159 e. The van der Waals surface area contributed by atoms with Crippen LogP contribution in [-0.2, 0) is 10.8 Å². The van der Waals surface area contributed by atoms with Crippen molar-refractivity contribution in [3.63, 3.8) is 0 Å². The molecule has 0 fully saturated rings. The van der Waals surface area contributed by atoms with Crippen molar-refractivity contribution >= 4 is 39.0 Å². The summed E-state index contributed by atoms with van der Waals surface area (Å²) >= 11 is 0. The molecule has 10 aromatic carbocycles. The fraction of sp³-hybridized carbons (Fsp3) is 0.0323. The normalized spacial score (nSPS) is 17.2. The Labute approximate surface area is 372 Å². The van der Waals surface area contributed by atoms with Crippen molar-refractivity contribution in [3.8, 4) is 44.5 Å². The summed E-state index contributed by atoms with van der Waals surface area (Å²) in [6, 6.07) is 87.5. The average Bonchev–Trinajstić information content (AvgIpc) is 3.78. The van der Waals surface area contributed by atoms with Crippen LogP contribution in [0.4, 0.5) is 17.1 Å². The van der Waals surface area contributed by atoms with Gasteiger partial charge in [0, 0.05) is 22.1 Å². The Morgan fingerprint density at radius 1 is 0.281 bits per heavy atom. The lowest BCUT2D eigenvalue weighted by Crippen LogP contribution is -2.57. The van der Waals surface area contributed by atoms with Crippen molar-refractivity contribution in [1.29, 1.82) is 0 Å². The number of fused-ring (bicyclic) bond motifs is 6. The summed E-state index contributed by atoms with van der Waals surface area (Å²) < 4.78 is 7.41. The second kappa shape index (κ2) is 13.2. The van der Waals surface area contributed by atoms with E-state index in [9.17, 15) is 0 Å². The predicted octanol–water partition coefficient (Wildman–Crippen LogP) is 16.0. The largest absolute Gasteiger partial charge is 0.454 e. The van der Waals surface area contributed by atoms with Crippen LogP contribution >= 0.6 is 0 Å². The lowest BCUT2D eigenvalue weighted by molar-refractivity contribution is 0.412. The minimum atomic E-state index is -0.648. The van der Waals surface area contributed by atoms with Gasteiger partial charge in [-0.25, -0.2) is 0 Å². The van der Waals surface area contributed by atoms with Gasteiger partial charge in [0.1, 0.15) is 5.58 Å². The molecule has 14 rings (SSSR count). The highest BCUT2D eigenvalue weighted by molar-refractivity contribution is 6.18. The molecular weight excluding hydrogens is 775 g/mol. The highest BCUT2D eigenvalue weighted by atomic mass is 16.3. The van der Waals surface area contributed by atoms with Crippen LogP contribution in [0.15, 0.2) is 241 Å². The van der Waals surface area contributed by atoms with Gasteiger partial charge in [-0.2, -0.15) is 0 Å². The molecule has 0 N–H and O–H groups in total. The van der Waals surface area contributed by atoms with Gasteiger partial charge in [0.2, 0.25) is 0 Å². The highest BCUT2D eigenvalue weighted by Gasteiger charge is 2.66. The number of benzene rings is 10. The van der Waals surface area contributed by atoms with Gasteiger partial charge in [-0.3, -0.25) is 0 Å². The molecule has 298 valence electrons. The average molecular weight is 814 g/mol. The van der Waals surface area contributed by atoms with Crippen LogP contribution in [0.5, 0.6) is 0 Å². The van der Waals surface area contributed by atoms with Crippen molar-refractivity contribution < 1.29 is 4.42 Å². The molecule has 0 aliphatic heterocycles. The number of nitrogens with zero attached hydrogens (tertiary/aromatic N) is 1. The number of anilines is 3. The molecule has 1 aromatic heterocycles. The molecule has 2 nitrogen and oxygen atoms in total. The van der Waals surface area contributed by atoms with E-state index in [1.807, 2.05) is 0 Å². The molecule has 0 amide bonds. The summed E-state index contributed by atoms with van der Waals surface area (Å²) in [5, 5.41) is 2.36. The first kappa shape index (κ1) is 35.4. The van der Waals surface area contributed by atoms with Crippen LogP contribution < -0.4 is 4.90 Å². The molecule has 11 aromatic rings. The second-order valence-corrected chi connectivity index (χ2v) is 17.5. The molecule has 1 heterocycles. The van der Waals surface area contributed by atoms with E-state index >= 15 is 0 Å². The van der Waals surface area contributed by atoms with Gasteiger partial charge in [-0.05, 0) is 114 Å². The van der Waals surface area contributed by atoms with Crippen LogP contribution in [-0.4, -0.2) is 0 Å². The lowest BCUT2D eigenvalue weighted by atomic mass is 9.39. The monoisotopic (exact) mass is 813 g/mol. The summed E-state index contributed by atoms with van der Waals surface area (Å²) in [5.74, 6) is 0. The number of hydrogen-bond acceptors (Lipinski definition) is 2. The predicted molar refractivity (Wildman–Crippen MR) is 263 cm³/mol. The molecule has 64 heavy (non-hydrogen) atoms. The maximum absolute atomic E-state index is 7.41. The number of furan rings is 1. The van der Waals surface area contributed by atoms with Crippen LogP contribution in [0.3, 0.4) is 0 Å². The molecule has 0 atom stereocenters. The first-order chi connectivity index (χ1) is 31.8. The third-order valence-corrected chi connectivity index (χ3v) is 14.6. The van der Waals surface area contributed by atoms with Gasteiger partial charge in [-0.15, -0.1) is 0 Å². The van der Waals surface area contributed by atoms with Crippen LogP contribution in [0, 0.1) is 0 Å². The Hall–Kier alpha value is -8.20. The number of hydrogen-bond donors (Lipinski definition) is 0. The quantitative estimate of drug-likeness (QED) is 0.172. The van der Waals surface area contributed by atoms with E-state index in [0.717, 1.165) is 28.2 Å². The number of rotatable bonds is 5. The van der Waals surface area contributed by atoms with Crippen molar-refractivity contribution in [2.45, 2.75) is 10.8 Å². The Morgan fingerprint density at radius 2 is 0.656 bits per heavy atom. The summed E-state index contributed by atoms with van der Waals surface area (Å²) in [5.41, 5.74) is 21.3. The molecule has 0 bridgehead atoms. The zero-order valence-electron chi connectivity index (χ0n) is 34.9. The zero-order valence-corrected chi connectivity index (χ0v) is 34.9. The van der Waals surface area contributed by atoms with Crippen LogP contribution in [0.1, 0.15) is 33.4 Å². The van der Waals surface area contributed by atoms with Crippen molar-refractivity contribution in [2.75, 3.05) is 4.90 Å². The van der Waals surface area contributed by atoms with Crippen LogP contribution in [0.25, 0.3) is 66.4 Å². The first-order valence-corrected chi connectivity index (χ1v) is 22.3. The van der Waals surface area contributed by atoms with Crippen LogP contribution in [0.2, 0.25) is 0 Å². The van der Waals surface area contributed by atoms with Gasteiger partial charge in [0.15, 0.2) is 5.58 Å². The molecule has 2 heteroatoms. The van der Waals surface area contributed by atoms with E-state index in [-0.39, 0.29) is 0 Å². The highest BCUT2D eigenvalue weighted by Crippen LogP contribution is 2.73. The zero-order chi connectivity index (χ0) is 42.0. The molecule has 0 unspecified atom stereocenters. The summed E-state index contributed by atoms with van der Waals surface area (Å²) in [4.78, 5) is 2.39. The van der Waals surface area contributed by atoms with E-state index in [1.165, 1.54) is 88.7 Å². The van der Waals surface area contributed by atoms with E-state index in [2.05, 4.69) is 241 Å². The SMILES string of the molecule is c1ccc(-c2ccc(N(c3ccc(-c4ccccc4)cc3)c3ccc4c5c3oc3cccc(c35)C35c6ccccc6-c6ccccc6C43c3ccccc3-c3ccccc35)cc2)cc1. The molecule has 0 saturated carbocycles. The van der Waals surface area contributed by atoms with Gasteiger partial charge < -0.3 is 9.32 Å². The fourth-order valence-electron chi connectivity index (χ4n) is 12.3. The lowest BCUT2D eigenvalue weighted by Gasteiger charge is -2.61. The maximum atomic E-state index is 7.41.